The Kier molecular flexibility index (Phi) is 5.00. The Labute approximate surface area is 128 Å². The van der Waals surface area contributed by atoms with Crippen molar-refractivity contribution in [2.24, 2.45) is 7.05 Å². The SMILES string of the molecule is CCc1nn(C)c(CC(O)Cc2ccc(C)cc2)c1Br. The maximum Gasteiger partial charge on any atom is 0.0766 e. The second kappa shape index (κ2) is 6.55. The summed E-state index contributed by atoms with van der Waals surface area (Å²) in [6, 6.07) is 8.32. The topological polar surface area (TPSA) is 38.0 Å². The third kappa shape index (κ3) is 3.49. The first-order valence-electron chi connectivity index (χ1n) is 6.95. The van der Waals surface area contributed by atoms with Gasteiger partial charge in [0.15, 0.2) is 0 Å². The molecule has 0 saturated carbocycles. The van der Waals surface area contributed by atoms with Crippen LogP contribution in [-0.2, 0) is 26.3 Å². The van der Waals surface area contributed by atoms with Crippen molar-refractivity contribution >= 4 is 15.9 Å². The predicted octanol–water partition coefficient (Wildman–Crippen LogP) is 3.20. The molecule has 0 bridgehead atoms. The third-order valence-corrected chi connectivity index (χ3v) is 4.44. The fraction of sp³-hybridized carbons (Fsp3) is 0.438. The Morgan fingerprint density at radius 1 is 1.25 bits per heavy atom. The number of benzene rings is 1. The third-order valence-electron chi connectivity index (χ3n) is 3.52. The molecule has 1 heterocycles. The number of hydrogen-bond acceptors (Lipinski definition) is 2. The first kappa shape index (κ1) is 15.3. The van der Waals surface area contributed by atoms with E-state index in [1.807, 2.05) is 11.7 Å². The van der Waals surface area contributed by atoms with Gasteiger partial charge in [0.1, 0.15) is 0 Å². The zero-order valence-electron chi connectivity index (χ0n) is 12.2. The number of rotatable bonds is 5. The van der Waals surface area contributed by atoms with Crippen molar-refractivity contribution in [3.8, 4) is 0 Å². The molecule has 0 aliphatic rings. The van der Waals surface area contributed by atoms with Gasteiger partial charge in [-0.3, -0.25) is 4.68 Å². The minimum atomic E-state index is -0.394. The molecule has 0 radical (unpaired) electrons. The molecule has 0 spiro atoms. The summed E-state index contributed by atoms with van der Waals surface area (Å²) in [4.78, 5) is 0. The van der Waals surface area contributed by atoms with E-state index >= 15 is 0 Å². The number of nitrogens with zero attached hydrogens (tertiary/aromatic N) is 2. The van der Waals surface area contributed by atoms with E-state index in [1.165, 1.54) is 5.56 Å². The Balaban J connectivity index is 2.06. The van der Waals surface area contributed by atoms with Crippen LogP contribution in [0.15, 0.2) is 28.7 Å². The quantitative estimate of drug-likeness (QED) is 0.910. The van der Waals surface area contributed by atoms with Crippen LogP contribution in [0.1, 0.15) is 29.4 Å². The Morgan fingerprint density at radius 2 is 1.90 bits per heavy atom. The second-order valence-electron chi connectivity index (χ2n) is 5.23. The zero-order chi connectivity index (χ0) is 14.7. The molecule has 2 rings (SSSR count). The molecule has 0 aliphatic heterocycles. The molecule has 1 atom stereocenters. The molecule has 2 aromatic rings. The molecule has 1 unspecified atom stereocenters. The molecule has 1 aromatic heterocycles. The van der Waals surface area contributed by atoms with E-state index in [9.17, 15) is 5.11 Å². The van der Waals surface area contributed by atoms with Crippen molar-refractivity contribution in [2.45, 2.75) is 39.2 Å². The molecule has 108 valence electrons. The summed E-state index contributed by atoms with van der Waals surface area (Å²) < 4.78 is 2.90. The van der Waals surface area contributed by atoms with E-state index in [-0.39, 0.29) is 0 Å². The van der Waals surface area contributed by atoms with E-state index in [0.29, 0.717) is 12.8 Å². The Morgan fingerprint density at radius 3 is 2.45 bits per heavy atom. The van der Waals surface area contributed by atoms with Gasteiger partial charge in [-0.25, -0.2) is 0 Å². The van der Waals surface area contributed by atoms with Crippen LogP contribution in [0.2, 0.25) is 0 Å². The van der Waals surface area contributed by atoms with Crippen molar-refractivity contribution in [1.29, 1.82) is 0 Å². The molecule has 1 N–H and O–H groups in total. The summed E-state index contributed by atoms with van der Waals surface area (Å²) in [5.74, 6) is 0. The number of aryl methyl sites for hydroxylation is 3. The maximum atomic E-state index is 10.3. The van der Waals surface area contributed by atoms with Gasteiger partial charge in [0, 0.05) is 13.5 Å². The second-order valence-corrected chi connectivity index (χ2v) is 6.03. The average molecular weight is 337 g/mol. The highest BCUT2D eigenvalue weighted by atomic mass is 79.9. The minimum absolute atomic E-state index is 0.394. The van der Waals surface area contributed by atoms with Crippen LogP contribution in [0.4, 0.5) is 0 Å². The molecule has 4 heteroatoms. The average Bonchev–Trinajstić information content (AvgIpc) is 2.69. The van der Waals surface area contributed by atoms with Crippen LogP contribution in [0, 0.1) is 6.92 Å². The van der Waals surface area contributed by atoms with Crippen molar-refractivity contribution in [1.82, 2.24) is 9.78 Å². The number of aromatic nitrogens is 2. The van der Waals surface area contributed by atoms with Crippen LogP contribution in [0.25, 0.3) is 0 Å². The predicted molar refractivity (Wildman–Crippen MR) is 84.9 cm³/mol. The lowest BCUT2D eigenvalue weighted by molar-refractivity contribution is 0.172. The lowest BCUT2D eigenvalue weighted by Crippen LogP contribution is -2.16. The van der Waals surface area contributed by atoms with Crippen LogP contribution in [0.3, 0.4) is 0 Å². The van der Waals surface area contributed by atoms with Crippen molar-refractivity contribution < 1.29 is 5.11 Å². The summed E-state index contributed by atoms with van der Waals surface area (Å²) in [5, 5.41) is 14.8. The van der Waals surface area contributed by atoms with Gasteiger partial charge in [0.2, 0.25) is 0 Å². The van der Waals surface area contributed by atoms with Gasteiger partial charge in [0.25, 0.3) is 0 Å². The van der Waals surface area contributed by atoms with Crippen molar-refractivity contribution in [3.05, 3.63) is 51.3 Å². The molecule has 0 aliphatic carbocycles. The molecule has 1 aromatic carbocycles. The molecular weight excluding hydrogens is 316 g/mol. The van der Waals surface area contributed by atoms with E-state index < -0.39 is 6.10 Å². The van der Waals surface area contributed by atoms with Crippen LogP contribution >= 0.6 is 15.9 Å². The molecular formula is C16H21BrN2O. The molecule has 20 heavy (non-hydrogen) atoms. The molecule has 0 fully saturated rings. The van der Waals surface area contributed by atoms with Gasteiger partial charge in [0.05, 0.1) is 22.0 Å². The number of halogens is 1. The van der Waals surface area contributed by atoms with E-state index in [2.05, 4.69) is 59.1 Å². The van der Waals surface area contributed by atoms with Crippen LogP contribution in [0.5, 0.6) is 0 Å². The van der Waals surface area contributed by atoms with Crippen LogP contribution in [-0.4, -0.2) is 21.0 Å². The first-order valence-corrected chi connectivity index (χ1v) is 7.74. The van der Waals surface area contributed by atoms with Gasteiger partial charge < -0.3 is 5.11 Å². The maximum absolute atomic E-state index is 10.3. The van der Waals surface area contributed by atoms with E-state index in [0.717, 1.165) is 27.8 Å². The zero-order valence-corrected chi connectivity index (χ0v) is 13.8. The van der Waals surface area contributed by atoms with E-state index in [4.69, 9.17) is 0 Å². The summed E-state index contributed by atoms with van der Waals surface area (Å²) in [6.45, 7) is 4.15. The van der Waals surface area contributed by atoms with Crippen molar-refractivity contribution in [3.63, 3.8) is 0 Å². The van der Waals surface area contributed by atoms with Crippen molar-refractivity contribution in [2.75, 3.05) is 0 Å². The minimum Gasteiger partial charge on any atom is -0.392 e. The number of hydrogen-bond donors (Lipinski definition) is 1. The number of aliphatic hydroxyl groups is 1. The normalized spacial score (nSPS) is 12.7. The summed E-state index contributed by atoms with van der Waals surface area (Å²) >= 11 is 3.59. The van der Waals surface area contributed by atoms with E-state index in [1.54, 1.807) is 0 Å². The largest absolute Gasteiger partial charge is 0.392 e. The van der Waals surface area contributed by atoms with Gasteiger partial charge in [-0.15, -0.1) is 0 Å². The Hall–Kier alpha value is -1.13. The smallest absolute Gasteiger partial charge is 0.0766 e. The fourth-order valence-electron chi connectivity index (χ4n) is 2.33. The summed E-state index contributed by atoms with van der Waals surface area (Å²) in [7, 11) is 1.93. The lowest BCUT2D eigenvalue weighted by atomic mass is 10.0. The van der Waals surface area contributed by atoms with Gasteiger partial charge in [-0.2, -0.15) is 5.10 Å². The highest BCUT2D eigenvalue weighted by molar-refractivity contribution is 9.10. The summed E-state index contributed by atoms with van der Waals surface area (Å²) in [5.41, 5.74) is 4.51. The molecule has 0 saturated heterocycles. The lowest BCUT2D eigenvalue weighted by Gasteiger charge is -2.11. The fourth-order valence-corrected chi connectivity index (χ4v) is 3.11. The standard InChI is InChI=1S/C16H21BrN2O/c1-4-14-16(17)15(19(3)18-14)10-13(20)9-12-7-5-11(2)6-8-12/h5-8,13,20H,4,9-10H2,1-3H3. The van der Waals surface area contributed by atoms with Gasteiger partial charge in [-0.05, 0) is 41.3 Å². The highest BCUT2D eigenvalue weighted by Gasteiger charge is 2.16. The highest BCUT2D eigenvalue weighted by Crippen LogP contribution is 2.23. The molecule has 3 nitrogen and oxygen atoms in total. The first-order chi connectivity index (χ1) is 9.51. The Bertz CT molecular complexity index is 575. The number of aliphatic hydroxyl groups excluding tert-OH is 1. The van der Waals surface area contributed by atoms with Gasteiger partial charge in [-0.1, -0.05) is 36.8 Å². The monoisotopic (exact) mass is 336 g/mol. The summed E-state index contributed by atoms with van der Waals surface area (Å²) in [6.07, 6.45) is 1.77. The van der Waals surface area contributed by atoms with Crippen LogP contribution < -0.4 is 0 Å². The van der Waals surface area contributed by atoms with Gasteiger partial charge >= 0.3 is 0 Å². The molecule has 0 amide bonds.